The average Bonchev–Trinajstić information content (AvgIpc) is 2.25. The predicted molar refractivity (Wildman–Crippen MR) is 64.2 cm³/mol. The van der Waals surface area contributed by atoms with Crippen molar-refractivity contribution in [2.75, 3.05) is 6.61 Å². The summed E-state index contributed by atoms with van der Waals surface area (Å²) in [6, 6.07) is 4.52. The molecule has 19 heavy (non-hydrogen) atoms. The van der Waals surface area contributed by atoms with E-state index < -0.39 is 22.7 Å². The van der Waals surface area contributed by atoms with Gasteiger partial charge in [0.1, 0.15) is 0 Å². The summed E-state index contributed by atoms with van der Waals surface area (Å²) in [5, 5.41) is 0. The van der Waals surface area contributed by atoms with E-state index in [0.29, 0.717) is 0 Å². The molecule has 0 aliphatic carbocycles. The Morgan fingerprint density at radius 2 is 1.68 bits per heavy atom. The molecule has 3 nitrogen and oxygen atoms in total. The number of alkyl halides is 3. The predicted octanol–water partition coefficient (Wildman–Crippen LogP) is 3.15. The highest BCUT2D eigenvalue weighted by Crippen LogP contribution is 2.22. The number of hydrogen-bond acceptors (Lipinski definition) is 3. The Morgan fingerprint density at radius 3 is 2.11 bits per heavy atom. The van der Waals surface area contributed by atoms with Gasteiger partial charge in [-0.2, -0.15) is 21.6 Å². The molecule has 0 fully saturated rings. The fourth-order valence-electron chi connectivity index (χ4n) is 1.30. The van der Waals surface area contributed by atoms with Gasteiger partial charge < -0.3 is 0 Å². The molecule has 0 aliphatic rings. The van der Waals surface area contributed by atoms with Gasteiger partial charge in [0.2, 0.25) is 0 Å². The van der Waals surface area contributed by atoms with Crippen molar-refractivity contribution in [2.45, 2.75) is 31.3 Å². The van der Waals surface area contributed by atoms with Gasteiger partial charge in [0.05, 0.1) is 17.9 Å². The zero-order valence-corrected chi connectivity index (χ0v) is 11.4. The van der Waals surface area contributed by atoms with Crippen molar-refractivity contribution in [1.29, 1.82) is 0 Å². The van der Waals surface area contributed by atoms with Crippen LogP contribution in [-0.4, -0.2) is 21.2 Å². The summed E-state index contributed by atoms with van der Waals surface area (Å²) in [5.41, 5.74) is 0.00955. The van der Waals surface area contributed by atoms with Gasteiger partial charge in [-0.1, -0.05) is 26.0 Å². The van der Waals surface area contributed by atoms with E-state index in [4.69, 9.17) is 4.18 Å². The maximum atomic E-state index is 12.1. The molecule has 0 bridgehead atoms. The molecule has 0 aromatic heterocycles. The summed E-state index contributed by atoms with van der Waals surface area (Å²) < 4.78 is 64.6. The third-order valence-electron chi connectivity index (χ3n) is 2.17. The van der Waals surface area contributed by atoms with Crippen LogP contribution in [0.5, 0.6) is 0 Å². The lowest BCUT2D eigenvalue weighted by molar-refractivity contribution is -0.127. The minimum atomic E-state index is -4.31. The Kier molecular flexibility index (Phi) is 4.98. The first-order chi connectivity index (χ1) is 8.60. The van der Waals surface area contributed by atoms with Crippen LogP contribution in [0.25, 0.3) is 0 Å². The average molecular weight is 296 g/mol. The van der Waals surface area contributed by atoms with Crippen LogP contribution in [-0.2, 0) is 20.7 Å². The van der Waals surface area contributed by atoms with Gasteiger partial charge in [0.25, 0.3) is 10.1 Å². The number of rotatable bonds is 5. The van der Waals surface area contributed by atoms with Crippen molar-refractivity contribution >= 4 is 10.1 Å². The van der Waals surface area contributed by atoms with Crippen LogP contribution in [0.3, 0.4) is 0 Å². The third-order valence-corrected chi connectivity index (χ3v) is 3.47. The summed E-state index contributed by atoms with van der Waals surface area (Å²) in [6.07, 6.45) is -5.39. The summed E-state index contributed by atoms with van der Waals surface area (Å²) >= 11 is 0. The van der Waals surface area contributed by atoms with Crippen LogP contribution in [0, 0.1) is 5.92 Å². The number of hydrogen-bond donors (Lipinski definition) is 0. The molecule has 1 aromatic carbocycles. The van der Waals surface area contributed by atoms with E-state index in [1.54, 1.807) is 13.8 Å². The standard InChI is InChI=1S/C12H15F3O3S/c1-9(2)8-18-19(16,17)11-5-3-10(4-6-11)7-12(13,14)15/h3-6,9H,7-8H2,1-2H3. The minimum Gasteiger partial charge on any atom is -0.266 e. The lowest BCUT2D eigenvalue weighted by Crippen LogP contribution is -2.13. The fourth-order valence-corrected chi connectivity index (χ4v) is 2.36. The largest absolute Gasteiger partial charge is 0.393 e. The summed E-state index contributed by atoms with van der Waals surface area (Å²) in [5.74, 6) is 0.0410. The van der Waals surface area contributed by atoms with Gasteiger partial charge in [0, 0.05) is 0 Å². The molecule has 0 amide bonds. The molecule has 1 aromatic rings. The molecular weight excluding hydrogens is 281 g/mol. The second-order valence-corrected chi connectivity index (χ2v) is 6.18. The van der Waals surface area contributed by atoms with Crippen LogP contribution >= 0.6 is 0 Å². The van der Waals surface area contributed by atoms with Gasteiger partial charge in [-0.25, -0.2) is 0 Å². The fraction of sp³-hybridized carbons (Fsp3) is 0.500. The molecule has 0 radical (unpaired) electrons. The van der Waals surface area contributed by atoms with Crippen molar-refractivity contribution < 1.29 is 25.8 Å². The Labute approximate surface area is 110 Å². The van der Waals surface area contributed by atoms with E-state index in [2.05, 4.69) is 0 Å². The zero-order valence-electron chi connectivity index (χ0n) is 10.6. The first-order valence-electron chi connectivity index (χ1n) is 5.65. The second-order valence-electron chi connectivity index (χ2n) is 4.57. The molecule has 7 heteroatoms. The lowest BCUT2D eigenvalue weighted by atomic mass is 10.1. The van der Waals surface area contributed by atoms with E-state index in [1.165, 1.54) is 0 Å². The lowest BCUT2D eigenvalue weighted by Gasteiger charge is -2.09. The van der Waals surface area contributed by atoms with Gasteiger partial charge in [-0.3, -0.25) is 4.18 Å². The van der Waals surface area contributed by atoms with Crippen molar-refractivity contribution in [1.82, 2.24) is 0 Å². The smallest absolute Gasteiger partial charge is 0.266 e. The summed E-state index contributed by atoms with van der Waals surface area (Å²) in [4.78, 5) is -0.140. The van der Waals surface area contributed by atoms with Gasteiger partial charge in [-0.15, -0.1) is 0 Å². The zero-order chi connectivity index (χ0) is 14.7. The van der Waals surface area contributed by atoms with E-state index in [9.17, 15) is 21.6 Å². The van der Waals surface area contributed by atoms with Gasteiger partial charge in [0.15, 0.2) is 0 Å². The highest BCUT2D eigenvalue weighted by atomic mass is 32.2. The molecule has 0 saturated heterocycles. The van der Waals surface area contributed by atoms with Crippen molar-refractivity contribution in [3.05, 3.63) is 29.8 Å². The van der Waals surface area contributed by atoms with Crippen LogP contribution in [0.2, 0.25) is 0 Å². The molecule has 0 N–H and O–H groups in total. The number of benzene rings is 1. The Hall–Kier alpha value is -1.08. The molecular formula is C12H15F3O3S. The molecule has 0 spiro atoms. The normalized spacial score (nSPS) is 12.9. The molecule has 108 valence electrons. The molecule has 0 atom stereocenters. The topological polar surface area (TPSA) is 43.4 Å². The minimum absolute atomic E-state index is 0.00955. The molecule has 0 unspecified atom stereocenters. The quantitative estimate of drug-likeness (QED) is 0.784. The van der Waals surface area contributed by atoms with Crippen LogP contribution in [0.1, 0.15) is 19.4 Å². The van der Waals surface area contributed by atoms with Gasteiger partial charge >= 0.3 is 6.18 Å². The Morgan fingerprint density at radius 1 is 1.16 bits per heavy atom. The Bertz CT molecular complexity index is 504. The summed E-state index contributed by atoms with van der Waals surface area (Å²) in [6.45, 7) is 3.62. The summed E-state index contributed by atoms with van der Waals surface area (Å²) in [7, 11) is -3.90. The number of halogens is 3. The van der Waals surface area contributed by atoms with Crippen molar-refractivity contribution in [2.24, 2.45) is 5.92 Å². The molecule has 0 aliphatic heterocycles. The van der Waals surface area contributed by atoms with E-state index in [0.717, 1.165) is 24.3 Å². The first kappa shape index (κ1) is 16.0. The maximum absolute atomic E-state index is 12.1. The highest BCUT2D eigenvalue weighted by Gasteiger charge is 2.27. The second kappa shape index (κ2) is 5.92. The van der Waals surface area contributed by atoms with Gasteiger partial charge in [-0.05, 0) is 23.6 Å². The Balaban J connectivity index is 2.81. The van der Waals surface area contributed by atoms with Crippen molar-refractivity contribution in [3.8, 4) is 0 Å². The highest BCUT2D eigenvalue weighted by molar-refractivity contribution is 7.86. The molecule has 1 rings (SSSR count). The first-order valence-corrected chi connectivity index (χ1v) is 7.06. The van der Waals surface area contributed by atoms with Crippen LogP contribution < -0.4 is 0 Å². The third kappa shape index (κ3) is 5.61. The maximum Gasteiger partial charge on any atom is 0.393 e. The van der Waals surface area contributed by atoms with E-state index >= 15 is 0 Å². The SMILES string of the molecule is CC(C)COS(=O)(=O)c1ccc(CC(F)(F)F)cc1. The van der Waals surface area contributed by atoms with Crippen LogP contribution in [0.4, 0.5) is 13.2 Å². The molecule has 0 heterocycles. The van der Waals surface area contributed by atoms with E-state index in [1.807, 2.05) is 0 Å². The van der Waals surface area contributed by atoms with Crippen LogP contribution in [0.15, 0.2) is 29.2 Å². The van der Waals surface area contributed by atoms with E-state index in [-0.39, 0.29) is 23.0 Å². The molecule has 0 saturated carbocycles. The van der Waals surface area contributed by atoms with Crippen molar-refractivity contribution in [3.63, 3.8) is 0 Å². The monoisotopic (exact) mass is 296 g/mol.